The first kappa shape index (κ1) is 14.3. The minimum absolute atomic E-state index is 0.0422. The van der Waals surface area contributed by atoms with Gasteiger partial charge in [0.1, 0.15) is 0 Å². The standard InChI is InChI=1S/C15H29NO2/c1-13(2)9-14(3,4)11-15(10-13)12(8-17-5)16-6-7-18-15/h12,16H,6-11H2,1-5H3. The number of hydrogen-bond acceptors (Lipinski definition) is 3. The van der Waals surface area contributed by atoms with Crippen LogP contribution < -0.4 is 5.32 Å². The summed E-state index contributed by atoms with van der Waals surface area (Å²) in [5.41, 5.74) is 0.638. The van der Waals surface area contributed by atoms with Crippen molar-refractivity contribution in [3.63, 3.8) is 0 Å². The van der Waals surface area contributed by atoms with Crippen molar-refractivity contribution in [1.82, 2.24) is 5.32 Å². The normalized spacial score (nSPS) is 33.5. The van der Waals surface area contributed by atoms with Crippen molar-refractivity contribution < 1.29 is 9.47 Å². The van der Waals surface area contributed by atoms with E-state index in [1.165, 1.54) is 6.42 Å². The summed E-state index contributed by atoms with van der Waals surface area (Å²) in [6.45, 7) is 12.0. The highest BCUT2D eigenvalue weighted by molar-refractivity contribution is 5.06. The number of morpholine rings is 1. The lowest BCUT2D eigenvalue weighted by atomic mass is 9.57. The van der Waals surface area contributed by atoms with Crippen molar-refractivity contribution in [1.29, 1.82) is 0 Å². The summed E-state index contributed by atoms with van der Waals surface area (Å²) in [4.78, 5) is 0. The molecule has 0 aromatic carbocycles. The predicted octanol–water partition coefficient (Wildman–Crippen LogP) is 2.60. The lowest BCUT2D eigenvalue weighted by Crippen LogP contribution is -2.64. The van der Waals surface area contributed by atoms with Crippen molar-refractivity contribution in [3.8, 4) is 0 Å². The summed E-state index contributed by atoms with van der Waals surface area (Å²) < 4.78 is 11.7. The van der Waals surface area contributed by atoms with Gasteiger partial charge in [0.2, 0.25) is 0 Å². The van der Waals surface area contributed by atoms with E-state index in [4.69, 9.17) is 9.47 Å². The van der Waals surface area contributed by atoms with Gasteiger partial charge in [-0.3, -0.25) is 0 Å². The van der Waals surface area contributed by atoms with Crippen LogP contribution in [0.3, 0.4) is 0 Å². The maximum absolute atomic E-state index is 6.30. The molecule has 1 aliphatic heterocycles. The van der Waals surface area contributed by atoms with Crippen LogP contribution in [0, 0.1) is 10.8 Å². The summed E-state index contributed by atoms with van der Waals surface area (Å²) >= 11 is 0. The Morgan fingerprint density at radius 2 is 1.72 bits per heavy atom. The minimum atomic E-state index is -0.0422. The molecule has 1 saturated carbocycles. The van der Waals surface area contributed by atoms with Gasteiger partial charge < -0.3 is 14.8 Å². The van der Waals surface area contributed by atoms with Gasteiger partial charge in [0.15, 0.2) is 0 Å². The molecule has 1 heterocycles. The predicted molar refractivity (Wildman–Crippen MR) is 73.8 cm³/mol. The third-order valence-electron chi connectivity index (χ3n) is 4.36. The van der Waals surface area contributed by atoms with Gasteiger partial charge in [-0.05, 0) is 30.1 Å². The lowest BCUT2D eigenvalue weighted by Gasteiger charge is -2.56. The molecule has 1 aliphatic carbocycles. The number of hydrogen-bond donors (Lipinski definition) is 1. The molecule has 106 valence electrons. The molecule has 1 saturated heterocycles. The molecule has 1 atom stereocenters. The maximum Gasteiger partial charge on any atom is 0.0868 e. The van der Waals surface area contributed by atoms with Crippen LogP contribution >= 0.6 is 0 Å². The zero-order valence-electron chi connectivity index (χ0n) is 12.6. The van der Waals surface area contributed by atoms with Crippen LogP contribution in [0.2, 0.25) is 0 Å². The Bertz CT molecular complexity index is 281. The van der Waals surface area contributed by atoms with Crippen molar-refractivity contribution in [3.05, 3.63) is 0 Å². The number of rotatable bonds is 2. The first-order valence-electron chi connectivity index (χ1n) is 7.15. The Morgan fingerprint density at radius 1 is 1.11 bits per heavy atom. The number of nitrogens with one attached hydrogen (secondary N) is 1. The van der Waals surface area contributed by atoms with Gasteiger partial charge in [0.05, 0.1) is 24.9 Å². The Hall–Kier alpha value is -0.120. The first-order valence-corrected chi connectivity index (χ1v) is 7.15. The van der Waals surface area contributed by atoms with E-state index >= 15 is 0 Å². The maximum atomic E-state index is 6.30. The van der Waals surface area contributed by atoms with Crippen molar-refractivity contribution in [2.24, 2.45) is 10.8 Å². The molecule has 1 spiro atoms. The van der Waals surface area contributed by atoms with Crippen LogP contribution in [0.1, 0.15) is 47.0 Å². The largest absolute Gasteiger partial charge is 0.383 e. The van der Waals surface area contributed by atoms with Crippen LogP contribution in [0.25, 0.3) is 0 Å². The van der Waals surface area contributed by atoms with Crippen LogP contribution in [-0.2, 0) is 9.47 Å². The summed E-state index contributed by atoms with van der Waals surface area (Å²) in [6, 6.07) is 0.329. The van der Waals surface area contributed by atoms with Crippen molar-refractivity contribution >= 4 is 0 Å². The van der Waals surface area contributed by atoms with Crippen molar-refractivity contribution in [2.75, 3.05) is 26.9 Å². The monoisotopic (exact) mass is 255 g/mol. The Morgan fingerprint density at radius 3 is 2.28 bits per heavy atom. The van der Waals surface area contributed by atoms with Gasteiger partial charge in [-0.1, -0.05) is 27.7 Å². The highest BCUT2D eigenvalue weighted by Crippen LogP contribution is 2.53. The summed E-state index contributed by atoms with van der Waals surface area (Å²) in [7, 11) is 1.78. The fourth-order valence-electron chi connectivity index (χ4n) is 4.60. The van der Waals surface area contributed by atoms with E-state index in [1.54, 1.807) is 7.11 Å². The molecular formula is C15H29NO2. The third kappa shape index (κ3) is 2.89. The van der Waals surface area contributed by atoms with E-state index in [0.29, 0.717) is 16.9 Å². The molecule has 0 bridgehead atoms. The van der Waals surface area contributed by atoms with Crippen LogP contribution in [0.5, 0.6) is 0 Å². The fourth-order valence-corrected chi connectivity index (χ4v) is 4.60. The highest BCUT2D eigenvalue weighted by atomic mass is 16.5. The summed E-state index contributed by atoms with van der Waals surface area (Å²) in [5, 5.41) is 3.61. The van der Waals surface area contributed by atoms with Gasteiger partial charge in [0.25, 0.3) is 0 Å². The third-order valence-corrected chi connectivity index (χ3v) is 4.36. The average molecular weight is 255 g/mol. The smallest absolute Gasteiger partial charge is 0.0868 e. The van der Waals surface area contributed by atoms with Crippen molar-refractivity contribution in [2.45, 2.75) is 58.6 Å². The second kappa shape index (κ2) is 4.77. The van der Waals surface area contributed by atoms with Crippen LogP contribution in [-0.4, -0.2) is 38.5 Å². The molecule has 0 amide bonds. The summed E-state index contributed by atoms with van der Waals surface area (Å²) in [6.07, 6.45) is 3.53. The number of methoxy groups -OCH3 is 1. The van der Waals surface area contributed by atoms with Gasteiger partial charge >= 0.3 is 0 Å². The molecule has 0 aromatic rings. The van der Waals surface area contributed by atoms with E-state index < -0.39 is 0 Å². The minimum Gasteiger partial charge on any atom is -0.383 e. The molecule has 2 rings (SSSR count). The topological polar surface area (TPSA) is 30.5 Å². The molecule has 1 N–H and O–H groups in total. The second-order valence-corrected chi connectivity index (χ2v) is 7.73. The molecule has 2 aliphatic rings. The first-order chi connectivity index (χ1) is 8.29. The van der Waals surface area contributed by atoms with E-state index in [0.717, 1.165) is 32.6 Å². The van der Waals surface area contributed by atoms with Gasteiger partial charge in [0, 0.05) is 13.7 Å². The van der Waals surface area contributed by atoms with Crippen LogP contribution in [0.4, 0.5) is 0 Å². The molecule has 3 heteroatoms. The molecule has 2 fully saturated rings. The molecule has 18 heavy (non-hydrogen) atoms. The molecule has 0 radical (unpaired) electrons. The van der Waals surface area contributed by atoms with E-state index in [1.807, 2.05) is 0 Å². The van der Waals surface area contributed by atoms with Gasteiger partial charge in [-0.15, -0.1) is 0 Å². The van der Waals surface area contributed by atoms with Gasteiger partial charge in [-0.25, -0.2) is 0 Å². The van der Waals surface area contributed by atoms with Gasteiger partial charge in [-0.2, -0.15) is 0 Å². The number of ether oxygens (including phenoxy) is 2. The Kier molecular flexibility index (Phi) is 3.79. The zero-order chi connectivity index (χ0) is 13.4. The van der Waals surface area contributed by atoms with E-state index in [9.17, 15) is 0 Å². The van der Waals surface area contributed by atoms with E-state index in [2.05, 4.69) is 33.0 Å². The quantitative estimate of drug-likeness (QED) is 0.822. The lowest BCUT2D eigenvalue weighted by molar-refractivity contribution is -0.174. The zero-order valence-corrected chi connectivity index (χ0v) is 12.6. The SMILES string of the molecule is COCC1NCCOC12CC(C)(C)CC(C)(C)C2. The van der Waals surface area contributed by atoms with Crippen LogP contribution in [0.15, 0.2) is 0 Å². The molecule has 3 nitrogen and oxygen atoms in total. The molecule has 0 aromatic heterocycles. The fraction of sp³-hybridized carbons (Fsp3) is 1.00. The highest BCUT2D eigenvalue weighted by Gasteiger charge is 2.53. The Labute approximate surface area is 112 Å². The Balaban J connectivity index is 2.25. The van der Waals surface area contributed by atoms with E-state index in [-0.39, 0.29) is 5.60 Å². The second-order valence-electron chi connectivity index (χ2n) is 7.73. The molecule has 1 unspecified atom stereocenters. The molecular weight excluding hydrogens is 226 g/mol. The summed E-state index contributed by atoms with van der Waals surface area (Å²) in [5.74, 6) is 0. The average Bonchev–Trinajstić information content (AvgIpc) is 2.17.